The first-order valence-electron chi connectivity index (χ1n) is 3.85. The summed E-state index contributed by atoms with van der Waals surface area (Å²) in [4.78, 5) is 0. The van der Waals surface area contributed by atoms with Gasteiger partial charge in [-0.3, -0.25) is 4.68 Å². The van der Waals surface area contributed by atoms with Crippen molar-refractivity contribution in [1.29, 1.82) is 5.26 Å². The minimum atomic E-state index is 0.659. The molecule has 2 aromatic rings. The number of rotatable bonds is 0. The van der Waals surface area contributed by atoms with Gasteiger partial charge in [-0.1, -0.05) is 15.9 Å². The van der Waals surface area contributed by atoms with E-state index in [4.69, 9.17) is 5.26 Å². The highest BCUT2D eigenvalue weighted by atomic mass is 127. The van der Waals surface area contributed by atoms with Crippen molar-refractivity contribution in [1.82, 2.24) is 9.78 Å². The maximum atomic E-state index is 8.98. The molecule has 1 aromatic heterocycles. The van der Waals surface area contributed by atoms with Crippen molar-refractivity contribution in [2.75, 3.05) is 0 Å². The van der Waals surface area contributed by atoms with E-state index in [0.29, 0.717) is 5.56 Å². The number of nitriles is 1. The molecule has 0 aliphatic heterocycles. The second-order valence-electron chi connectivity index (χ2n) is 2.87. The third-order valence-electron chi connectivity index (χ3n) is 2.00. The molecular weight excluding hydrogens is 357 g/mol. The van der Waals surface area contributed by atoms with E-state index in [-0.39, 0.29) is 0 Å². The molecule has 1 aromatic carbocycles. The zero-order valence-corrected chi connectivity index (χ0v) is 11.0. The lowest BCUT2D eigenvalue weighted by molar-refractivity contribution is 0.787. The minimum Gasteiger partial charge on any atom is -0.267 e. The van der Waals surface area contributed by atoms with Crippen molar-refractivity contribution < 1.29 is 0 Å². The molecule has 14 heavy (non-hydrogen) atoms. The van der Waals surface area contributed by atoms with Crippen LogP contribution in [0.25, 0.3) is 10.9 Å². The van der Waals surface area contributed by atoms with Crippen LogP contribution in [0.15, 0.2) is 16.6 Å². The molecule has 0 aliphatic rings. The third-order valence-corrected chi connectivity index (χ3v) is 3.21. The summed E-state index contributed by atoms with van der Waals surface area (Å²) in [7, 11) is 1.87. The summed E-state index contributed by atoms with van der Waals surface area (Å²) >= 11 is 5.51. The largest absolute Gasteiger partial charge is 0.267 e. The summed E-state index contributed by atoms with van der Waals surface area (Å²) < 4.78 is 3.55. The van der Waals surface area contributed by atoms with E-state index < -0.39 is 0 Å². The van der Waals surface area contributed by atoms with Crippen LogP contribution in [0.3, 0.4) is 0 Å². The number of aryl methyl sites for hydroxylation is 1. The molecule has 0 saturated heterocycles. The zero-order valence-electron chi connectivity index (χ0n) is 7.25. The lowest BCUT2D eigenvalue weighted by Gasteiger charge is -1.97. The van der Waals surface area contributed by atoms with Gasteiger partial charge in [0.15, 0.2) is 0 Å². The van der Waals surface area contributed by atoms with Crippen LogP contribution in [0.2, 0.25) is 0 Å². The molecule has 3 nitrogen and oxygen atoms in total. The molecule has 0 N–H and O–H groups in total. The molecule has 0 spiro atoms. The monoisotopic (exact) mass is 361 g/mol. The smallest absolute Gasteiger partial charge is 0.132 e. The summed E-state index contributed by atoms with van der Waals surface area (Å²) in [5.41, 5.74) is 1.63. The van der Waals surface area contributed by atoms with Crippen LogP contribution in [-0.4, -0.2) is 9.78 Å². The number of aromatic nitrogens is 2. The molecule has 0 bridgehead atoms. The molecular formula is C9H5BrIN3. The molecule has 0 atom stereocenters. The second kappa shape index (κ2) is 3.51. The van der Waals surface area contributed by atoms with Gasteiger partial charge in [0, 0.05) is 11.5 Å². The van der Waals surface area contributed by atoms with Gasteiger partial charge in [-0.15, -0.1) is 0 Å². The summed E-state index contributed by atoms with van der Waals surface area (Å²) in [5, 5.41) is 14.2. The highest BCUT2D eigenvalue weighted by Crippen LogP contribution is 2.27. The van der Waals surface area contributed by atoms with Crippen molar-refractivity contribution in [3.63, 3.8) is 0 Å². The first-order chi connectivity index (χ1) is 6.63. The first-order valence-corrected chi connectivity index (χ1v) is 5.72. The number of benzene rings is 1. The van der Waals surface area contributed by atoms with Gasteiger partial charge >= 0.3 is 0 Å². The zero-order chi connectivity index (χ0) is 10.3. The van der Waals surface area contributed by atoms with Crippen LogP contribution in [0.5, 0.6) is 0 Å². The fraction of sp³-hybridized carbons (Fsp3) is 0.111. The second-order valence-corrected chi connectivity index (χ2v) is 4.81. The minimum absolute atomic E-state index is 0.659. The van der Waals surface area contributed by atoms with Gasteiger partial charge in [0.25, 0.3) is 0 Å². The maximum Gasteiger partial charge on any atom is 0.132 e. The molecule has 1 heterocycles. The van der Waals surface area contributed by atoms with Crippen molar-refractivity contribution in [2.24, 2.45) is 7.05 Å². The quantitative estimate of drug-likeness (QED) is 0.677. The van der Waals surface area contributed by atoms with Crippen molar-refractivity contribution in [2.45, 2.75) is 0 Å². The summed E-state index contributed by atoms with van der Waals surface area (Å²) in [6.07, 6.45) is 0. The fourth-order valence-electron chi connectivity index (χ4n) is 1.39. The van der Waals surface area contributed by atoms with E-state index in [9.17, 15) is 0 Å². The predicted octanol–water partition coefficient (Wildman–Crippen LogP) is 2.81. The topological polar surface area (TPSA) is 41.6 Å². The molecule has 0 aliphatic carbocycles. The molecule has 0 unspecified atom stereocenters. The van der Waals surface area contributed by atoms with Gasteiger partial charge in [0.2, 0.25) is 0 Å². The van der Waals surface area contributed by atoms with E-state index in [2.05, 4.69) is 49.7 Å². The number of hydrogen-bond acceptors (Lipinski definition) is 2. The van der Waals surface area contributed by atoms with E-state index >= 15 is 0 Å². The summed E-state index contributed by atoms with van der Waals surface area (Å²) in [6.45, 7) is 0. The van der Waals surface area contributed by atoms with Gasteiger partial charge in [-0.2, -0.15) is 10.4 Å². The first kappa shape index (κ1) is 9.93. The number of hydrogen-bond donors (Lipinski definition) is 0. The van der Waals surface area contributed by atoms with Crippen LogP contribution in [0.4, 0.5) is 0 Å². The Kier molecular flexibility index (Phi) is 2.49. The molecule has 5 heteroatoms. The Balaban J connectivity index is 3.00. The van der Waals surface area contributed by atoms with E-state index in [0.717, 1.165) is 19.1 Å². The Hall–Kier alpha value is -0.610. The number of nitrogens with zero attached hydrogens (tertiary/aromatic N) is 3. The molecule has 0 amide bonds. The van der Waals surface area contributed by atoms with Gasteiger partial charge in [-0.05, 0) is 34.7 Å². The van der Waals surface area contributed by atoms with Gasteiger partial charge in [0.1, 0.15) is 3.70 Å². The lowest BCUT2D eigenvalue weighted by Crippen LogP contribution is -1.89. The predicted molar refractivity (Wildman–Crippen MR) is 65.8 cm³/mol. The Morgan fingerprint density at radius 1 is 1.57 bits per heavy atom. The van der Waals surface area contributed by atoms with Gasteiger partial charge in [-0.25, -0.2) is 0 Å². The van der Waals surface area contributed by atoms with Crippen LogP contribution < -0.4 is 0 Å². The third kappa shape index (κ3) is 1.42. The summed E-state index contributed by atoms with van der Waals surface area (Å²) in [5.74, 6) is 0. The van der Waals surface area contributed by atoms with Crippen molar-refractivity contribution >= 4 is 49.4 Å². The number of fused-ring (bicyclic) bond motifs is 1. The van der Waals surface area contributed by atoms with Gasteiger partial charge in [0.05, 0.1) is 22.5 Å². The molecule has 70 valence electrons. The van der Waals surface area contributed by atoms with Crippen molar-refractivity contribution in [3.05, 3.63) is 25.9 Å². The van der Waals surface area contributed by atoms with Gasteiger partial charge < -0.3 is 0 Å². The van der Waals surface area contributed by atoms with Crippen LogP contribution in [0.1, 0.15) is 5.56 Å². The van der Waals surface area contributed by atoms with E-state index in [1.807, 2.05) is 19.2 Å². The molecule has 0 fully saturated rings. The Labute approximate surface area is 103 Å². The van der Waals surface area contributed by atoms with E-state index in [1.165, 1.54) is 0 Å². The highest BCUT2D eigenvalue weighted by molar-refractivity contribution is 14.1. The SMILES string of the molecule is Cn1nc(I)c2c(C#N)cc(Br)cc21. The maximum absolute atomic E-state index is 8.98. The normalized spacial score (nSPS) is 10.4. The van der Waals surface area contributed by atoms with Crippen LogP contribution in [0, 0.1) is 15.0 Å². The molecule has 0 saturated carbocycles. The average molecular weight is 362 g/mol. The lowest BCUT2D eigenvalue weighted by atomic mass is 10.1. The Morgan fingerprint density at radius 2 is 2.29 bits per heavy atom. The standard InChI is InChI=1S/C9H5BrIN3/c1-14-7-3-6(10)2-5(4-12)8(7)9(11)13-14/h2-3H,1H3. The van der Waals surface area contributed by atoms with Crippen LogP contribution >= 0.6 is 38.5 Å². The highest BCUT2D eigenvalue weighted by Gasteiger charge is 2.11. The average Bonchev–Trinajstić information content (AvgIpc) is 2.41. The van der Waals surface area contributed by atoms with Crippen molar-refractivity contribution in [3.8, 4) is 6.07 Å². The van der Waals surface area contributed by atoms with E-state index in [1.54, 1.807) is 4.68 Å². The molecule has 2 rings (SSSR count). The number of halogens is 2. The fourth-order valence-corrected chi connectivity index (χ4v) is 2.72. The Bertz CT molecular complexity index is 553. The van der Waals surface area contributed by atoms with Crippen LogP contribution in [-0.2, 0) is 7.05 Å². The Morgan fingerprint density at radius 3 is 2.93 bits per heavy atom. The summed E-state index contributed by atoms with van der Waals surface area (Å²) in [6, 6.07) is 5.95. The molecule has 0 radical (unpaired) electrons.